The molecule has 0 bridgehead atoms. The zero-order valence-electron chi connectivity index (χ0n) is 14.2. The first-order valence-electron chi connectivity index (χ1n) is 8.21. The minimum atomic E-state index is -0.247. The average molecular weight is 343 g/mol. The van der Waals surface area contributed by atoms with Gasteiger partial charge in [-0.05, 0) is 62.4 Å². The van der Waals surface area contributed by atoms with E-state index in [1.807, 2.05) is 14.0 Å². The third-order valence-corrected chi connectivity index (χ3v) is 4.96. The highest BCUT2D eigenvalue weighted by molar-refractivity contribution is 5.85. The van der Waals surface area contributed by atoms with E-state index >= 15 is 0 Å². The van der Waals surface area contributed by atoms with Crippen LogP contribution in [0, 0.1) is 17.7 Å². The van der Waals surface area contributed by atoms with Gasteiger partial charge in [0.1, 0.15) is 5.82 Å². The molecule has 1 N–H and O–H groups in total. The molecule has 3 unspecified atom stereocenters. The largest absolute Gasteiger partial charge is 0.339 e. The van der Waals surface area contributed by atoms with Gasteiger partial charge in [-0.15, -0.1) is 12.4 Å². The lowest BCUT2D eigenvalue weighted by Crippen LogP contribution is -2.36. The second kappa shape index (κ2) is 9.24. The highest BCUT2D eigenvalue weighted by Gasteiger charge is 2.25. The van der Waals surface area contributed by atoms with Crippen LogP contribution < -0.4 is 5.32 Å². The number of rotatable bonds is 5. The molecular formula is C18H28ClFN2O. The van der Waals surface area contributed by atoms with Crippen LogP contribution in [0.2, 0.25) is 0 Å². The summed E-state index contributed by atoms with van der Waals surface area (Å²) in [5.41, 5.74) is 0.962. The molecule has 1 aliphatic heterocycles. The van der Waals surface area contributed by atoms with Crippen molar-refractivity contribution in [3.05, 3.63) is 35.6 Å². The van der Waals surface area contributed by atoms with Gasteiger partial charge in [0.2, 0.25) is 5.91 Å². The molecule has 2 rings (SSSR count). The van der Waals surface area contributed by atoms with E-state index in [0.717, 1.165) is 18.7 Å². The van der Waals surface area contributed by atoms with Gasteiger partial charge in [-0.2, -0.15) is 0 Å². The van der Waals surface area contributed by atoms with Crippen molar-refractivity contribution in [2.75, 3.05) is 20.1 Å². The summed E-state index contributed by atoms with van der Waals surface area (Å²) < 4.78 is 13.0. The molecule has 1 fully saturated rings. The quantitative estimate of drug-likeness (QED) is 0.882. The summed E-state index contributed by atoms with van der Waals surface area (Å²) in [7, 11) is 1.84. The van der Waals surface area contributed by atoms with Gasteiger partial charge in [0.05, 0.1) is 6.04 Å². The molecule has 1 saturated heterocycles. The minimum Gasteiger partial charge on any atom is -0.339 e. The molecule has 3 nitrogen and oxygen atoms in total. The molecule has 0 aliphatic carbocycles. The Morgan fingerprint density at radius 1 is 1.35 bits per heavy atom. The molecule has 0 aromatic heterocycles. The molecule has 1 aromatic rings. The van der Waals surface area contributed by atoms with Crippen molar-refractivity contribution in [3.8, 4) is 0 Å². The summed E-state index contributed by atoms with van der Waals surface area (Å²) in [6.45, 7) is 6.27. The highest BCUT2D eigenvalue weighted by Crippen LogP contribution is 2.25. The van der Waals surface area contributed by atoms with Crippen LogP contribution in [0.1, 0.15) is 44.7 Å². The van der Waals surface area contributed by atoms with Gasteiger partial charge in [0.25, 0.3) is 0 Å². The van der Waals surface area contributed by atoms with Crippen LogP contribution in [0.25, 0.3) is 0 Å². The third-order valence-electron chi connectivity index (χ3n) is 4.96. The number of nitrogens with zero attached hydrogens (tertiary/aromatic N) is 1. The molecule has 23 heavy (non-hydrogen) atoms. The standard InChI is InChI=1S/C18H27FN2O.ClH/c1-13(16-5-4-10-20-12-16)11-18(22)21(3)14(2)15-6-8-17(19)9-7-15;/h6-9,13-14,16,20H,4-5,10-12H2,1-3H3;1H. The number of hydrogen-bond acceptors (Lipinski definition) is 2. The van der Waals surface area contributed by atoms with Crippen LogP contribution in [-0.2, 0) is 4.79 Å². The van der Waals surface area contributed by atoms with E-state index in [1.165, 1.54) is 25.0 Å². The third kappa shape index (κ3) is 5.47. The fourth-order valence-electron chi connectivity index (χ4n) is 3.13. The number of hydrogen-bond donors (Lipinski definition) is 1. The van der Waals surface area contributed by atoms with Crippen molar-refractivity contribution >= 4 is 18.3 Å². The molecule has 1 amide bonds. The van der Waals surface area contributed by atoms with Crippen molar-refractivity contribution in [2.24, 2.45) is 11.8 Å². The molecular weight excluding hydrogens is 315 g/mol. The first kappa shape index (κ1) is 19.9. The Morgan fingerprint density at radius 2 is 2.00 bits per heavy atom. The lowest BCUT2D eigenvalue weighted by atomic mass is 9.85. The predicted molar refractivity (Wildman–Crippen MR) is 94.2 cm³/mol. The van der Waals surface area contributed by atoms with Gasteiger partial charge >= 0.3 is 0 Å². The Balaban J connectivity index is 0.00000264. The molecule has 1 heterocycles. The molecule has 1 aromatic carbocycles. The molecule has 0 spiro atoms. The molecule has 0 radical (unpaired) electrons. The van der Waals surface area contributed by atoms with Crippen molar-refractivity contribution in [1.82, 2.24) is 10.2 Å². The Morgan fingerprint density at radius 3 is 2.57 bits per heavy atom. The topological polar surface area (TPSA) is 32.3 Å². The summed E-state index contributed by atoms with van der Waals surface area (Å²) in [5.74, 6) is 0.897. The smallest absolute Gasteiger partial charge is 0.223 e. The maximum Gasteiger partial charge on any atom is 0.223 e. The van der Waals surface area contributed by atoms with Gasteiger partial charge < -0.3 is 10.2 Å². The predicted octanol–water partition coefficient (Wildman–Crippen LogP) is 3.79. The number of amides is 1. The number of piperidine rings is 1. The summed E-state index contributed by atoms with van der Waals surface area (Å²) in [6.07, 6.45) is 2.98. The first-order valence-corrected chi connectivity index (χ1v) is 8.21. The second-order valence-electron chi connectivity index (χ2n) is 6.52. The van der Waals surface area contributed by atoms with Crippen molar-refractivity contribution in [3.63, 3.8) is 0 Å². The van der Waals surface area contributed by atoms with E-state index in [9.17, 15) is 9.18 Å². The first-order chi connectivity index (χ1) is 10.5. The van der Waals surface area contributed by atoms with Crippen molar-refractivity contribution in [2.45, 2.75) is 39.2 Å². The van der Waals surface area contributed by atoms with Crippen LogP contribution in [0.15, 0.2) is 24.3 Å². The van der Waals surface area contributed by atoms with Crippen LogP contribution in [0.5, 0.6) is 0 Å². The van der Waals surface area contributed by atoms with Gasteiger partial charge in [0, 0.05) is 13.5 Å². The Kier molecular flexibility index (Phi) is 8.00. The summed E-state index contributed by atoms with van der Waals surface area (Å²) in [5, 5.41) is 3.41. The Hall–Kier alpha value is -1.13. The molecule has 5 heteroatoms. The maximum atomic E-state index is 13.0. The second-order valence-corrected chi connectivity index (χ2v) is 6.52. The monoisotopic (exact) mass is 342 g/mol. The lowest BCUT2D eigenvalue weighted by molar-refractivity contribution is -0.133. The molecule has 130 valence electrons. The lowest BCUT2D eigenvalue weighted by Gasteiger charge is -2.31. The van der Waals surface area contributed by atoms with E-state index in [2.05, 4.69) is 12.2 Å². The average Bonchev–Trinajstić information content (AvgIpc) is 2.55. The number of benzene rings is 1. The van der Waals surface area contributed by atoms with Gasteiger partial charge in [-0.3, -0.25) is 4.79 Å². The summed E-state index contributed by atoms with van der Waals surface area (Å²) >= 11 is 0. The van der Waals surface area contributed by atoms with E-state index in [4.69, 9.17) is 0 Å². The van der Waals surface area contributed by atoms with Crippen LogP contribution >= 0.6 is 12.4 Å². The Bertz CT molecular complexity index is 488. The van der Waals surface area contributed by atoms with Crippen LogP contribution in [0.3, 0.4) is 0 Å². The van der Waals surface area contributed by atoms with Crippen LogP contribution in [-0.4, -0.2) is 30.9 Å². The number of carbonyl (C=O) groups is 1. The fraction of sp³-hybridized carbons (Fsp3) is 0.611. The Labute approximate surface area is 145 Å². The van der Waals surface area contributed by atoms with E-state index in [-0.39, 0.29) is 30.2 Å². The van der Waals surface area contributed by atoms with Crippen molar-refractivity contribution < 1.29 is 9.18 Å². The molecule has 1 aliphatic rings. The maximum absolute atomic E-state index is 13.0. The van der Waals surface area contributed by atoms with Crippen LogP contribution in [0.4, 0.5) is 4.39 Å². The summed E-state index contributed by atoms with van der Waals surface area (Å²) in [6, 6.07) is 6.35. The van der Waals surface area contributed by atoms with E-state index in [1.54, 1.807) is 17.0 Å². The number of halogens is 2. The fourth-order valence-corrected chi connectivity index (χ4v) is 3.13. The van der Waals surface area contributed by atoms with Gasteiger partial charge in [-0.25, -0.2) is 4.39 Å². The number of carbonyl (C=O) groups excluding carboxylic acids is 1. The van der Waals surface area contributed by atoms with Gasteiger partial charge in [-0.1, -0.05) is 19.1 Å². The molecule has 3 atom stereocenters. The minimum absolute atomic E-state index is 0. The van der Waals surface area contributed by atoms with Crippen molar-refractivity contribution in [1.29, 1.82) is 0 Å². The SMILES string of the molecule is CC(CC(=O)N(C)C(C)c1ccc(F)cc1)C1CCCNC1.Cl. The van der Waals surface area contributed by atoms with E-state index < -0.39 is 0 Å². The van der Waals surface area contributed by atoms with Gasteiger partial charge in [0.15, 0.2) is 0 Å². The zero-order valence-corrected chi connectivity index (χ0v) is 15.0. The summed E-state index contributed by atoms with van der Waals surface area (Å²) in [4.78, 5) is 14.3. The zero-order chi connectivity index (χ0) is 16.1. The van der Waals surface area contributed by atoms with E-state index in [0.29, 0.717) is 18.3 Å². The highest BCUT2D eigenvalue weighted by atomic mass is 35.5. The normalized spacial score (nSPS) is 20.3. The molecule has 0 saturated carbocycles. The number of nitrogens with one attached hydrogen (secondary N) is 1.